The van der Waals surface area contributed by atoms with Crippen LogP contribution in [0.15, 0.2) is 15.7 Å². The summed E-state index contributed by atoms with van der Waals surface area (Å²) in [6, 6.07) is 1.28. The highest BCUT2D eigenvalue weighted by Gasteiger charge is 2.14. The highest BCUT2D eigenvalue weighted by atomic mass is 31.1. The molecule has 0 aliphatic heterocycles. The molecule has 1 atom stereocenters. The Bertz CT molecular complexity index is 531. The summed E-state index contributed by atoms with van der Waals surface area (Å²) < 4.78 is 2.53. The van der Waals surface area contributed by atoms with Crippen molar-refractivity contribution in [3.63, 3.8) is 0 Å². The van der Waals surface area contributed by atoms with E-state index in [4.69, 9.17) is 0 Å². The van der Waals surface area contributed by atoms with Crippen molar-refractivity contribution in [2.24, 2.45) is 0 Å². The van der Waals surface area contributed by atoms with Crippen LogP contribution >= 0.6 is 8.73 Å². The first kappa shape index (κ1) is 16.8. The lowest BCUT2D eigenvalue weighted by Crippen LogP contribution is -2.39. The van der Waals surface area contributed by atoms with Crippen LogP contribution in [-0.4, -0.2) is 21.4 Å². The third kappa shape index (κ3) is 3.16. The Kier molecular flexibility index (Phi) is 6.77. The maximum Gasteiger partial charge on any atom is 0.334 e. The van der Waals surface area contributed by atoms with E-state index in [2.05, 4.69) is 0 Å². The predicted molar refractivity (Wildman–Crippen MR) is 76.2 cm³/mol. The minimum Gasteiger partial charge on any atom is -0.293 e. The Morgan fingerprint density at radius 3 is 2.39 bits per heavy atom. The largest absolute Gasteiger partial charge is 0.334 e. The highest BCUT2D eigenvalue weighted by molar-refractivity contribution is 7.35. The zero-order chi connectivity index (χ0) is 13.0. The molecule has 0 spiro atoms. The fraction of sp³-hybridized carbons (Fsp3) is 0.583. The first-order chi connectivity index (χ1) is 8.06. The fourth-order valence-corrected chi connectivity index (χ4v) is 2.39. The van der Waals surface area contributed by atoms with E-state index in [1.165, 1.54) is 10.4 Å². The van der Waals surface area contributed by atoms with Gasteiger partial charge in [0.2, 0.25) is 0 Å². The molecule has 0 radical (unpaired) electrons. The topological polar surface area (TPSA) is 61.1 Å². The van der Waals surface area contributed by atoms with Gasteiger partial charge in [-0.1, -0.05) is 14.4 Å². The molecular weight excluding hydrogens is 251 g/mol. The third-order valence-corrected chi connectivity index (χ3v) is 3.37. The van der Waals surface area contributed by atoms with Crippen molar-refractivity contribution >= 4 is 14.5 Å². The molecule has 0 bridgehead atoms. The van der Waals surface area contributed by atoms with Gasteiger partial charge in [0, 0.05) is 19.0 Å². The molecule has 0 aliphatic carbocycles. The van der Waals surface area contributed by atoms with Gasteiger partial charge >= 0.3 is 5.69 Å². The van der Waals surface area contributed by atoms with Gasteiger partial charge in [0.25, 0.3) is 5.56 Å². The van der Waals surface area contributed by atoms with Gasteiger partial charge in [-0.05, 0) is 28.7 Å². The second kappa shape index (κ2) is 7.27. The van der Waals surface area contributed by atoms with Gasteiger partial charge in [0.1, 0.15) is 0 Å². The highest BCUT2D eigenvalue weighted by Crippen LogP contribution is 2.11. The molecule has 1 aromatic rings. The molecule has 5 nitrogen and oxygen atoms in total. The number of hydrogen-bond acceptors (Lipinski definition) is 3. The summed E-state index contributed by atoms with van der Waals surface area (Å²) in [6.45, 7) is 5.76. The van der Waals surface area contributed by atoms with Gasteiger partial charge in [0.05, 0.1) is 5.69 Å². The Balaban J connectivity index is 0.00000289. The van der Waals surface area contributed by atoms with Crippen molar-refractivity contribution in [2.45, 2.75) is 40.7 Å². The van der Waals surface area contributed by atoms with Crippen molar-refractivity contribution in [3.8, 4) is 0 Å². The molecule has 0 amide bonds. The molecule has 1 unspecified atom stereocenters. The number of nitrogens with zero attached hydrogens (tertiary/aromatic N) is 2. The molecule has 1 heterocycles. The van der Waals surface area contributed by atoms with Crippen LogP contribution in [0.5, 0.6) is 0 Å². The molecular formula is C12H21N2O3P. The number of rotatable bonds is 5. The Morgan fingerprint density at radius 2 is 1.94 bits per heavy atom. The monoisotopic (exact) mass is 272 g/mol. The predicted octanol–water partition coefficient (Wildman–Crippen LogP) is 1.72. The minimum atomic E-state index is -0.397. The third-order valence-electron chi connectivity index (χ3n) is 2.49. The van der Waals surface area contributed by atoms with Gasteiger partial charge in [0.15, 0.2) is 5.78 Å². The number of Topliss-reactive ketones (excluding diaryl/α,β-unsaturated/α-hetero) is 1. The quantitative estimate of drug-likeness (QED) is 0.605. The normalized spacial score (nSPS) is 10.6. The van der Waals surface area contributed by atoms with Crippen molar-refractivity contribution in [3.05, 3.63) is 32.6 Å². The molecule has 0 saturated carbocycles. The summed E-state index contributed by atoms with van der Waals surface area (Å²) in [6.07, 6.45) is 1.07. The van der Waals surface area contributed by atoms with Crippen LogP contribution in [0, 0.1) is 0 Å². The first-order valence-electron chi connectivity index (χ1n) is 5.64. The maximum atomic E-state index is 12.0. The van der Waals surface area contributed by atoms with Gasteiger partial charge in [-0.3, -0.25) is 18.5 Å². The van der Waals surface area contributed by atoms with E-state index in [9.17, 15) is 14.4 Å². The molecule has 102 valence electrons. The van der Waals surface area contributed by atoms with Gasteiger partial charge in [-0.15, -0.1) is 0 Å². The smallest absolute Gasteiger partial charge is 0.293 e. The second-order valence-corrected chi connectivity index (χ2v) is 4.52. The Labute approximate surface area is 109 Å². The van der Waals surface area contributed by atoms with E-state index in [0.29, 0.717) is 19.4 Å². The molecule has 18 heavy (non-hydrogen) atoms. The molecule has 1 rings (SSSR count). The van der Waals surface area contributed by atoms with Crippen LogP contribution in [0.25, 0.3) is 0 Å². The number of carbonyl (C=O) groups is 1. The molecule has 0 fully saturated rings. The SMILES string of the molecule is C.CCCC(=O)c1cc(=O)n(CC)c(=O)n1PC. The van der Waals surface area contributed by atoms with Crippen LogP contribution in [0.2, 0.25) is 0 Å². The lowest BCUT2D eigenvalue weighted by atomic mass is 10.2. The van der Waals surface area contributed by atoms with Crippen molar-refractivity contribution in [1.29, 1.82) is 0 Å². The summed E-state index contributed by atoms with van der Waals surface area (Å²) >= 11 is 0. The maximum absolute atomic E-state index is 12.0. The van der Waals surface area contributed by atoms with Crippen LogP contribution in [0.1, 0.15) is 44.6 Å². The van der Waals surface area contributed by atoms with Crippen LogP contribution < -0.4 is 11.2 Å². The molecule has 0 aromatic carbocycles. The fourth-order valence-electron chi connectivity index (χ4n) is 1.64. The van der Waals surface area contributed by atoms with E-state index in [1.54, 1.807) is 6.92 Å². The zero-order valence-electron chi connectivity index (χ0n) is 10.3. The second-order valence-electron chi connectivity index (χ2n) is 3.63. The van der Waals surface area contributed by atoms with Crippen molar-refractivity contribution in [1.82, 2.24) is 8.90 Å². The standard InChI is InChI=1S/C11H17N2O3P.CH4/c1-4-6-9(14)8-7-10(15)12(5-2)11(16)13(8)17-3;/h7,17H,4-6H2,1-3H3;1H4. The van der Waals surface area contributed by atoms with Gasteiger partial charge < -0.3 is 0 Å². The lowest BCUT2D eigenvalue weighted by Gasteiger charge is -2.11. The number of ketones is 1. The molecule has 1 aromatic heterocycles. The van der Waals surface area contributed by atoms with E-state index < -0.39 is 5.56 Å². The summed E-state index contributed by atoms with van der Waals surface area (Å²) in [5.41, 5.74) is -0.542. The lowest BCUT2D eigenvalue weighted by molar-refractivity contribution is 0.0974. The van der Waals surface area contributed by atoms with Crippen LogP contribution in [-0.2, 0) is 6.54 Å². The number of hydrogen-bond donors (Lipinski definition) is 0. The van der Waals surface area contributed by atoms with E-state index in [0.717, 1.165) is 4.57 Å². The summed E-state index contributed by atoms with van der Waals surface area (Å²) in [5, 5.41) is 0. The molecule has 0 aliphatic rings. The van der Waals surface area contributed by atoms with Crippen LogP contribution in [0.4, 0.5) is 0 Å². The van der Waals surface area contributed by atoms with Crippen molar-refractivity contribution < 1.29 is 4.79 Å². The average Bonchev–Trinajstić information content (AvgIpc) is 2.29. The summed E-state index contributed by atoms with van der Waals surface area (Å²) in [4.78, 5) is 35.5. The van der Waals surface area contributed by atoms with E-state index >= 15 is 0 Å². The zero-order valence-corrected chi connectivity index (χ0v) is 11.3. The molecule has 0 saturated heterocycles. The Morgan fingerprint density at radius 1 is 1.33 bits per heavy atom. The van der Waals surface area contributed by atoms with Gasteiger partial charge in [-0.25, -0.2) is 4.79 Å². The van der Waals surface area contributed by atoms with E-state index in [-0.39, 0.29) is 33.3 Å². The molecule has 6 heteroatoms. The van der Waals surface area contributed by atoms with Crippen LogP contribution in [0.3, 0.4) is 0 Å². The number of carbonyl (C=O) groups excluding carboxylic acids is 1. The van der Waals surface area contributed by atoms with E-state index in [1.807, 2.05) is 13.6 Å². The minimum absolute atomic E-state index is 0. The first-order valence-corrected chi connectivity index (χ1v) is 7.09. The van der Waals surface area contributed by atoms with Crippen molar-refractivity contribution in [2.75, 3.05) is 6.66 Å². The number of aromatic nitrogens is 2. The Hall–Kier alpha value is -1.22. The summed E-state index contributed by atoms with van der Waals surface area (Å²) in [7, 11) is 0.144. The summed E-state index contributed by atoms with van der Waals surface area (Å²) in [5.74, 6) is -0.140. The average molecular weight is 272 g/mol. The van der Waals surface area contributed by atoms with Gasteiger partial charge in [-0.2, -0.15) is 0 Å². The molecule has 0 N–H and O–H groups in total.